The maximum atomic E-state index is 15.0. The van der Waals surface area contributed by atoms with Crippen LogP contribution < -0.4 is 19.5 Å². The Balaban J connectivity index is 1.43. The van der Waals surface area contributed by atoms with Gasteiger partial charge in [-0.25, -0.2) is 18.2 Å². The van der Waals surface area contributed by atoms with Crippen molar-refractivity contribution in [2.45, 2.75) is 113 Å². The number of halogens is 4. The summed E-state index contributed by atoms with van der Waals surface area (Å²) in [5.74, 6) is -4.28. The summed E-state index contributed by atoms with van der Waals surface area (Å²) < 4.78 is 83.6. The molecule has 6 rings (SSSR count). The Morgan fingerprint density at radius 3 is 2.47 bits per heavy atom. The van der Waals surface area contributed by atoms with Crippen LogP contribution in [-0.2, 0) is 24.4 Å². The molecule has 3 N–H and O–H groups in total. The maximum Gasteiger partial charge on any atom is 0.411 e. The number of pyridine rings is 1. The van der Waals surface area contributed by atoms with Crippen molar-refractivity contribution in [1.29, 1.82) is 0 Å². The summed E-state index contributed by atoms with van der Waals surface area (Å²) in [6.07, 6.45) is -1.53. The van der Waals surface area contributed by atoms with Gasteiger partial charge in [-0.05, 0) is 76.3 Å². The summed E-state index contributed by atoms with van der Waals surface area (Å²) in [5, 5.41) is 13.6. The van der Waals surface area contributed by atoms with Crippen molar-refractivity contribution in [3.05, 3.63) is 41.6 Å². The minimum absolute atomic E-state index is 0.0477. The Morgan fingerprint density at radius 2 is 1.84 bits per heavy atom. The minimum atomic E-state index is -5.10. The number of nitrogens with zero attached hydrogens (tertiary/aromatic N) is 3. The third-order valence-electron chi connectivity index (χ3n) is 11.6. The molecule has 3 fully saturated rings. The van der Waals surface area contributed by atoms with Crippen LogP contribution in [0.1, 0.15) is 72.6 Å². The van der Waals surface area contributed by atoms with Crippen molar-refractivity contribution in [1.82, 2.24) is 24.8 Å². The van der Waals surface area contributed by atoms with Crippen molar-refractivity contribution in [2.24, 2.45) is 17.8 Å². The molecule has 2 aliphatic carbocycles. The van der Waals surface area contributed by atoms with E-state index in [1.807, 2.05) is 6.92 Å². The van der Waals surface area contributed by atoms with Crippen LogP contribution in [0.2, 0.25) is 5.02 Å². The molecule has 2 aromatic rings. The Hall–Kier alpha value is -4.32. The van der Waals surface area contributed by atoms with E-state index in [2.05, 4.69) is 15.0 Å². The van der Waals surface area contributed by atoms with Crippen molar-refractivity contribution in [2.75, 3.05) is 13.7 Å². The smallest absolute Gasteiger partial charge is 0.411 e. The second kappa shape index (κ2) is 15.5. The lowest BCUT2D eigenvalue weighted by molar-refractivity contribution is -0.222. The van der Waals surface area contributed by atoms with E-state index in [1.165, 1.54) is 20.2 Å². The van der Waals surface area contributed by atoms with E-state index >= 15 is 0 Å². The normalized spacial score (nSPS) is 28.7. The number of allylic oxidation sites excluding steroid dienone is 1. The van der Waals surface area contributed by atoms with Crippen LogP contribution >= 0.6 is 11.6 Å². The highest BCUT2D eigenvalue weighted by molar-refractivity contribution is 7.91. The van der Waals surface area contributed by atoms with Crippen molar-refractivity contribution in [3.8, 4) is 11.6 Å². The van der Waals surface area contributed by atoms with Crippen LogP contribution in [0.3, 0.4) is 0 Å². The van der Waals surface area contributed by atoms with Crippen LogP contribution in [0.5, 0.6) is 11.6 Å². The van der Waals surface area contributed by atoms with Crippen molar-refractivity contribution in [3.63, 3.8) is 0 Å². The third kappa shape index (κ3) is 8.21. The number of carboxylic acid groups (broad SMARTS) is 1. The predicted octanol–water partition coefficient (Wildman–Crippen LogP) is 5.43. The molecule has 2 saturated carbocycles. The topological polar surface area (TPSA) is 185 Å². The van der Waals surface area contributed by atoms with Crippen LogP contribution in [-0.4, -0.2) is 106 Å². The van der Waals surface area contributed by atoms with E-state index in [0.29, 0.717) is 61.1 Å². The average Bonchev–Trinajstić information content (AvgIpc) is 4.05. The molecular formula is C38H47ClF3N5O9S. The summed E-state index contributed by atoms with van der Waals surface area (Å²) in [6.45, 7) is 4.34. The fourth-order valence-electron chi connectivity index (χ4n) is 8.10. The van der Waals surface area contributed by atoms with Gasteiger partial charge in [0, 0.05) is 23.1 Å². The fourth-order valence-corrected chi connectivity index (χ4v) is 9.73. The van der Waals surface area contributed by atoms with Crippen molar-refractivity contribution >= 4 is 56.2 Å². The molecule has 7 atom stereocenters. The number of benzene rings is 1. The highest BCUT2D eigenvalue weighted by atomic mass is 35.5. The number of hydrogen-bond acceptors (Lipinski definition) is 9. The van der Waals surface area contributed by atoms with E-state index in [-0.39, 0.29) is 42.5 Å². The molecule has 4 amide bonds. The third-order valence-corrected chi connectivity index (χ3v) is 13.8. The Kier molecular flexibility index (Phi) is 11.5. The molecule has 14 nitrogen and oxygen atoms in total. The number of sulfonamides is 1. The fraction of sp³-hybridized carbons (Fsp3) is 0.605. The standard InChI is InChI=1S/C38H47ClF3N5O9S/c1-20-9-6-7-10-22-17-37(22,34(50)45-57(53,54)24-13-14-24)44-31(48)27-16-23(56-32-25-11-8-12-26(39)29(25)28(55-5)18-43-32)19-46(27)33(49)30(21(2)15-20)47(35(51)52)36(3,4)38(40,41)42/h7-8,10-12,18,20-24,27,30H,6,9,13-17,19H2,1-5H3,(H,44,48)(H,45,50)(H,51,52)/t20-,21-,22-,23-,27+,30+,37-/m1/s1. The van der Waals surface area contributed by atoms with Gasteiger partial charge in [0.25, 0.3) is 5.91 Å². The second-order valence-corrected chi connectivity index (χ2v) is 18.6. The molecule has 3 heterocycles. The highest BCUT2D eigenvalue weighted by Gasteiger charge is 2.63. The van der Waals surface area contributed by atoms with Gasteiger partial charge in [0.2, 0.25) is 27.7 Å². The summed E-state index contributed by atoms with van der Waals surface area (Å²) in [7, 11) is -2.60. The zero-order valence-corrected chi connectivity index (χ0v) is 33.7. The number of carbonyl (C=O) groups excluding carboxylic acids is 3. The number of nitrogens with one attached hydrogen (secondary N) is 2. The maximum absolute atomic E-state index is 15.0. The first-order chi connectivity index (χ1) is 26.6. The molecule has 57 heavy (non-hydrogen) atoms. The van der Waals surface area contributed by atoms with Gasteiger partial charge in [-0.1, -0.05) is 43.7 Å². The van der Waals surface area contributed by atoms with Crippen LogP contribution in [0.15, 0.2) is 36.5 Å². The SMILES string of the molecule is COc1cnc(O[C@@H]2C[C@H]3C(=O)N[C@]4(C(=O)NS(=O)(=O)C5CC5)C[C@H]4C=CCC[C@@H](C)C[C@@H](C)[C@H](N(C(=O)O)C(C)(C)C(F)(F)F)C(=O)N3C2)c2cccc(Cl)c12. The van der Waals surface area contributed by atoms with E-state index in [9.17, 15) is 45.9 Å². The number of methoxy groups -OCH3 is 1. The van der Waals surface area contributed by atoms with E-state index in [4.69, 9.17) is 21.1 Å². The number of alkyl halides is 3. The van der Waals surface area contributed by atoms with Crippen LogP contribution in [0.25, 0.3) is 10.8 Å². The number of aromatic nitrogens is 1. The molecule has 0 radical (unpaired) electrons. The van der Waals surface area contributed by atoms with Crippen LogP contribution in [0, 0.1) is 17.8 Å². The Labute approximate surface area is 333 Å². The summed E-state index contributed by atoms with van der Waals surface area (Å²) in [4.78, 5) is 61.7. The van der Waals surface area contributed by atoms with Gasteiger partial charge in [-0.3, -0.25) is 24.0 Å². The summed E-state index contributed by atoms with van der Waals surface area (Å²) in [5.41, 5.74) is -4.76. The zero-order chi connectivity index (χ0) is 41.8. The van der Waals surface area contributed by atoms with Gasteiger partial charge in [-0.2, -0.15) is 13.2 Å². The lowest BCUT2D eigenvalue weighted by atomic mass is 9.85. The summed E-state index contributed by atoms with van der Waals surface area (Å²) in [6, 6.07) is 1.54. The van der Waals surface area contributed by atoms with Gasteiger partial charge in [-0.15, -0.1) is 0 Å². The molecule has 1 aromatic carbocycles. The van der Waals surface area contributed by atoms with Crippen molar-refractivity contribution < 1.29 is 55.3 Å². The van der Waals surface area contributed by atoms with Gasteiger partial charge < -0.3 is 24.8 Å². The number of carbonyl (C=O) groups is 4. The van der Waals surface area contributed by atoms with Crippen LogP contribution in [0.4, 0.5) is 18.0 Å². The molecule has 4 aliphatic rings. The monoisotopic (exact) mass is 841 g/mol. The van der Waals surface area contributed by atoms with E-state index in [1.54, 1.807) is 30.4 Å². The molecule has 0 unspecified atom stereocenters. The molecule has 1 saturated heterocycles. The number of fused-ring (bicyclic) bond motifs is 3. The lowest BCUT2D eigenvalue weighted by Gasteiger charge is -2.45. The largest absolute Gasteiger partial charge is 0.494 e. The van der Waals surface area contributed by atoms with Gasteiger partial charge in [0.1, 0.15) is 35.0 Å². The van der Waals surface area contributed by atoms with E-state index < -0.39 is 86.4 Å². The lowest BCUT2D eigenvalue weighted by Crippen LogP contribution is -2.66. The quantitative estimate of drug-likeness (QED) is 0.290. The number of amides is 4. The highest BCUT2D eigenvalue weighted by Crippen LogP contribution is 2.47. The molecule has 312 valence electrons. The van der Waals surface area contributed by atoms with Gasteiger partial charge in [0.05, 0.1) is 30.1 Å². The number of hydrogen-bond donors (Lipinski definition) is 3. The second-order valence-electron chi connectivity index (χ2n) is 16.2. The number of rotatable bonds is 8. The average molecular weight is 842 g/mol. The first-order valence-electron chi connectivity index (χ1n) is 18.8. The van der Waals surface area contributed by atoms with Gasteiger partial charge in [0.15, 0.2) is 0 Å². The molecule has 19 heteroatoms. The molecule has 0 bridgehead atoms. The molecular weight excluding hydrogens is 795 g/mol. The minimum Gasteiger partial charge on any atom is -0.494 e. The predicted molar refractivity (Wildman–Crippen MR) is 202 cm³/mol. The first-order valence-corrected chi connectivity index (χ1v) is 20.8. The Bertz CT molecular complexity index is 2080. The van der Waals surface area contributed by atoms with E-state index in [0.717, 1.165) is 4.90 Å². The number of ether oxygens (including phenoxy) is 2. The van der Waals surface area contributed by atoms with Gasteiger partial charge >= 0.3 is 12.3 Å². The first kappa shape index (κ1) is 42.3. The molecule has 0 spiro atoms. The zero-order valence-electron chi connectivity index (χ0n) is 32.1. The Morgan fingerprint density at radius 1 is 1.14 bits per heavy atom. The molecule has 1 aromatic heterocycles. The molecule has 2 aliphatic heterocycles. The summed E-state index contributed by atoms with van der Waals surface area (Å²) >= 11 is 6.50.